The molecule has 0 aromatic rings. The van der Waals surface area contributed by atoms with Gasteiger partial charge in [0.25, 0.3) is 0 Å². The lowest BCUT2D eigenvalue weighted by Gasteiger charge is -2.26. The Morgan fingerprint density at radius 2 is 1.81 bits per heavy atom. The highest BCUT2D eigenvalue weighted by molar-refractivity contribution is 7.80. The van der Waals surface area contributed by atoms with Crippen molar-refractivity contribution in [3.05, 3.63) is 0 Å². The average molecular weight is 258 g/mol. The van der Waals surface area contributed by atoms with Crippen molar-refractivity contribution in [1.82, 2.24) is 0 Å². The molecule has 0 fully saturated rings. The van der Waals surface area contributed by atoms with Crippen LogP contribution in [0, 0.1) is 0 Å². The SMILES string of the molecule is CO[C@H](C=O)[C@H](OS(=O)(=O)O)[C@H](O)[C@H](C)O. The van der Waals surface area contributed by atoms with Crippen LogP contribution in [-0.2, 0) is 24.1 Å². The molecule has 0 saturated heterocycles. The monoisotopic (exact) mass is 258 g/mol. The van der Waals surface area contributed by atoms with Crippen LogP contribution in [0.25, 0.3) is 0 Å². The number of hydrogen-bond donors (Lipinski definition) is 3. The number of aliphatic hydroxyl groups is 2. The van der Waals surface area contributed by atoms with Gasteiger partial charge in [-0.15, -0.1) is 0 Å². The van der Waals surface area contributed by atoms with E-state index in [1.54, 1.807) is 0 Å². The van der Waals surface area contributed by atoms with E-state index < -0.39 is 34.8 Å². The van der Waals surface area contributed by atoms with Gasteiger partial charge in [-0.2, -0.15) is 8.42 Å². The average Bonchev–Trinajstić information content (AvgIpc) is 2.15. The summed E-state index contributed by atoms with van der Waals surface area (Å²) in [6, 6.07) is 0. The molecule has 0 rings (SSSR count). The first-order chi connectivity index (χ1) is 7.22. The molecule has 0 radical (unpaired) electrons. The smallest absolute Gasteiger partial charge is 0.391 e. The minimum absolute atomic E-state index is 0.182. The van der Waals surface area contributed by atoms with Crippen molar-refractivity contribution >= 4 is 16.7 Å². The first-order valence-corrected chi connectivity index (χ1v) is 5.59. The maximum absolute atomic E-state index is 10.5. The lowest BCUT2D eigenvalue weighted by Crippen LogP contribution is -2.47. The molecule has 0 aromatic heterocycles. The second-order valence-electron chi connectivity index (χ2n) is 3.06. The summed E-state index contributed by atoms with van der Waals surface area (Å²) in [5, 5.41) is 18.4. The number of ether oxygens (including phenoxy) is 1. The summed E-state index contributed by atoms with van der Waals surface area (Å²) < 4.78 is 38.0. The van der Waals surface area contributed by atoms with E-state index in [0.29, 0.717) is 0 Å². The number of aliphatic hydroxyl groups excluding tert-OH is 2. The molecule has 0 aromatic carbocycles. The molecule has 0 saturated carbocycles. The minimum atomic E-state index is -4.88. The van der Waals surface area contributed by atoms with Gasteiger partial charge in [0.15, 0.2) is 6.29 Å². The summed E-state index contributed by atoms with van der Waals surface area (Å²) in [6.07, 6.45) is -6.06. The summed E-state index contributed by atoms with van der Waals surface area (Å²) in [5.41, 5.74) is 0. The van der Waals surface area contributed by atoms with Gasteiger partial charge in [-0.05, 0) is 6.92 Å². The Hall–Kier alpha value is -0.580. The number of methoxy groups -OCH3 is 1. The second-order valence-corrected chi connectivity index (χ2v) is 4.10. The largest absolute Gasteiger partial charge is 0.397 e. The standard InChI is InChI=1S/C7H14O8S/c1-4(9)6(10)7(5(3-8)14-2)15-16(11,12)13/h3-7,9-10H,1-2H3,(H,11,12,13)/t4-,5+,6+,7-/m0/s1. The van der Waals surface area contributed by atoms with E-state index in [1.807, 2.05) is 0 Å². The van der Waals surface area contributed by atoms with Gasteiger partial charge in [-0.1, -0.05) is 0 Å². The molecule has 0 unspecified atom stereocenters. The Kier molecular flexibility index (Phi) is 6.00. The second kappa shape index (κ2) is 6.23. The Bertz CT molecular complexity index is 310. The van der Waals surface area contributed by atoms with Gasteiger partial charge in [0.2, 0.25) is 0 Å². The number of aldehydes is 1. The van der Waals surface area contributed by atoms with Crippen LogP contribution in [-0.4, -0.2) is 61.0 Å². The maximum atomic E-state index is 10.5. The van der Waals surface area contributed by atoms with Gasteiger partial charge < -0.3 is 19.7 Å². The molecule has 0 bridgehead atoms. The molecule has 0 spiro atoms. The van der Waals surface area contributed by atoms with Crippen LogP contribution in [0.5, 0.6) is 0 Å². The van der Waals surface area contributed by atoms with Crippen LogP contribution in [0.4, 0.5) is 0 Å². The third-order valence-corrected chi connectivity index (χ3v) is 2.26. The predicted molar refractivity (Wildman–Crippen MR) is 51.0 cm³/mol. The predicted octanol–water partition coefficient (Wildman–Crippen LogP) is -1.87. The highest BCUT2D eigenvalue weighted by Gasteiger charge is 2.35. The van der Waals surface area contributed by atoms with Gasteiger partial charge in [0, 0.05) is 7.11 Å². The molecular formula is C7H14O8S. The molecular weight excluding hydrogens is 244 g/mol. The van der Waals surface area contributed by atoms with Gasteiger partial charge in [-0.25, -0.2) is 4.18 Å². The molecule has 16 heavy (non-hydrogen) atoms. The molecule has 0 aliphatic heterocycles. The molecule has 8 nitrogen and oxygen atoms in total. The summed E-state index contributed by atoms with van der Waals surface area (Å²) in [4.78, 5) is 10.5. The zero-order chi connectivity index (χ0) is 12.9. The number of rotatable bonds is 7. The molecule has 96 valence electrons. The number of carbonyl (C=O) groups is 1. The van der Waals surface area contributed by atoms with Crippen LogP contribution in [0.2, 0.25) is 0 Å². The van der Waals surface area contributed by atoms with Crippen molar-refractivity contribution in [3.8, 4) is 0 Å². The van der Waals surface area contributed by atoms with E-state index in [2.05, 4.69) is 8.92 Å². The Labute approximate surface area is 92.7 Å². The van der Waals surface area contributed by atoms with Crippen LogP contribution < -0.4 is 0 Å². The van der Waals surface area contributed by atoms with Crippen molar-refractivity contribution in [2.45, 2.75) is 31.3 Å². The highest BCUT2D eigenvalue weighted by atomic mass is 32.3. The van der Waals surface area contributed by atoms with E-state index in [1.165, 1.54) is 0 Å². The van der Waals surface area contributed by atoms with Crippen molar-refractivity contribution in [2.75, 3.05) is 7.11 Å². The van der Waals surface area contributed by atoms with Crippen molar-refractivity contribution in [1.29, 1.82) is 0 Å². The van der Waals surface area contributed by atoms with Crippen LogP contribution in [0.3, 0.4) is 0 Å². The minimum Gasteiger partial charge on any atom is -0.391 e. The van der Waals surface area contributed by atoms with E-state index in [4.69, 9.17) is 9.66 Å². The number of carbonyl (C=O) groups excluding carboxylic acids is 1. The molecule has 0 heterocycles. The van der Waals surface area contributed by atoms with E-state index in [9.17, 15) is 18.3 Å². The van der Waals surface area contributed by atoms with Gasteiger partial charge >= 0.3 is 10.4 Å². The third-order valence-electron chi connectivity index (χ3n) is 1.79. The maximum Gasteiger partial charge on any atom is 0.397 e. The normalized spacial score (nSPS) is 19.8. The van der Waals surface area contributed by atoms with Crippen molar-refractivity contribution < 1.29 is 36.9 Å². The quantitative estimate of drug-likeness (QED) is 0.357. The van der Waals surface area contributed by atoms with Gasteiger partial charge in [0.1, 0.15) is 18.3 Å². The van der Waals surface area contributed by atoms with Crippen molar-refractivity contribution in [2.24, 2.45) is 0 Å². The Morgan fingerprint density at radius 1 is 1.31 bits per heavy atom. The first-order valence-electron chi connectivity index (χ1n) is 4.23. The summed E-state index contributed by atoms with van der Waals surface area (Å²) in [7, 11) is -3.80. The molecule has 0 amide bonds. The van der Waals surface area contributed by atoms with Gasteiger partial charge in [-0.3, -0.25) is 4.55 Å². The fraction of sp³-hybridized carbons (Fsp3) is 0.857. The fourth-order valence-electron chi connectivity index (χ4n) is 0.988. The van der Waals surface area contributed by atoms with Crippen LogP contribution in [0.15, 0.2) is 0 Å². The highest BCUT2D eigenvalue weighted by Crippen LogP contribution is 2.12. The van der Waals surface area contributed by atoms with Crippen LogP contribution >= 0.6 is 0 Å². The third kappa shape index (κ3) is 4.96. The first kappa shape index (κ1) is 15.4. The number of hydrogen-bond acceptors (Lipinski definition) is 7. The Balaban J connectivity index is 4.96. The zero-order valence-corrected chi connectivity index (χ0v) is 9.49. The summed E-state index contributed by atoms with van der Waals surface area (Å²) >= 11 is 0. The lowest BCUT2D eigenvalue weighted by molar-refractivity contribution is -0.133. The molecule has 9 heteroatoms. The van der Waals surface area contributed by atoms with E-state index in [0.717, 1.165) is 14.0 Å². The van der Waals surface area contributed by atoms with E-state index in [-0.39, 0.29) is 6.29 Å². The lowest BCUT2D eigenvalue weighted by atomic mass is 10.1. The molecule has 0 aliphatic rings. The van der Waals surface area contributed by atoms with Gasteiger partial charge in [0.05, 0.1) is 6.10 Å². The molecule has 0 aliphatic carbocycles. The fourth-order valence-corrected chi connectivity index (χ4v) is 1.49. The van der Waals surface area contributed by atoms with Crippen molar-refractivity contribution in [3.63, 3.8) is 0 Å². The molecule has 4 atom stereocenters. The summed E-state index contributed by atoms with van der Waals surface area (Å²) in [5.74, 6) is 0. The van der Waals surface area contributed by atoms with E-state index >= 15 is 0 Å². The Morgan fingerprint density at radius 3 is 2.06 bits per heavy atom. The summed E-state index contributed by atoms with van der Waals surface area (Å²) in [6.45, 7) is 1.16. The zero-order valence-electron chi connectivity index (χ0n) is 8.68. The topological polar surface area (TPSA) is 130 Å². The molecule has 3 N–H and O–H groups in total. The van der Waals surface area contributed by atoms with Crippen LogP contribution in [0.1, 0.15) is 6.92 Å².